The lowest BCUT2D eigenvalue weighted by Gasteiger charge is -2.31. The standard InChI is InChI=1S/C42H53F2N6O14P/c1-24(2)63-40(56)59-22-61-65(58,62-23-60-41(57)64-25(3)4)42(43,44)28-13-15-30-27(19-28)20-33(47-30)37(53)49-32-12-8-11-29-14-17-34(50(29)39(32)55)38(54)48-31(16-18-35(45)51)36(52)46-21-26-9-6-5-7-10-26/h5-7,9-10,13,15,19-20,24-25,29,31-32,34,47H,8,11-12,14,16-18,21-23H2,1-4H3,(H2,45,51)(H,46,52)(H,48,54)(H,49,53)/t29?,31?,32-,34-/m0/s1. The maximum Gasteiger partial charge on any atom is 0.510 e. The van der Waals surface area contributed by atoms with Crippen molar-refractivity contribution in [2.45, 2.75) is 121 Å². The predicted molar refractivity (Wildman–Crippen MR) is 225 cm³/mol. The average molecular weight is 935 g/mol. The zero-order valence-electron chi connectivity index (χ0n) is 36.2. The van der Waals surface area contributed by atoms with E-state index in [1.807, 2.05) is 18.2 Å². The normalized spacial score (nSPS) is 18.1. The van der Waals surface area contributed by atoms with Crippen LogP contribution in [0.5, 0.6) is 0 Å². The largest absolute Gasteiger partial charge is 0.510 e. The molecule has 354 valence electrons. The number of benzene rings is 2. The summed E-state index contributed by atoms with van der Waals surface area (Å²) < 4.78 is 74.4. The zero-order valence-corrected chi connectivity index (χ0v) is 37.1. The molecule has 2 aromatic carbocycles. The number of alkyl halides is 2. The molecule has 65 heavy (non-hydrogen) atoms. The third-order valence-corrected chi connectivity index (χ3v) is 12.2. The van der Waals surface area contributed by atoms with E-state index >= 15 is 8.78 Å². The maximum atomic E-state index is 16.2. The first kappa shape index (κ1) is 49.9. The molecule has 2 saturated heterocycles. The average Bonchev–Trinajstić information content (AvgIpc) is 3.84. The highest BCUT2D eigenvalue weighted by molar-refractivity contribution is 7.54. The first-order valence-corrected chi connectivity index (χ1v) is 22.4. The van der Waals surface area contributed by atoms with Crippen LogP contribution in [-0.2, 0) is 63.9 Å². The maximum absolute atomic E-state index is 16.2. The molecule has 0 aliphatic carbocycles. The van der Waals surface area contributed by atoms with Gasteiger partial charge >= 0.3 is 25.6 Å². The number of hydrogen-bond acceptors (Lipinski definition) is 14. The van der Waals surface area contributed by atoms with Gasteiger partial charge in [-0.2, -0.15) is 8.78 Å². The van der Waals surface area contributed by atoms with Crippen molar-refractivity contribution in [2.24, 2.45) is 5.73 Å². The van der Waals surface area contributed by atoms with Crippen LogP contribution in [0, 0.1) is 0 Å². The van der Waals surface area contributed by atoms with Crippen molar-refractivity contribution in [3.63, 3.8) is 0 Å². The van der Waals surface area contributed by atoms with Crippen LogP contribution >= 0.6 is 7.60 Å². The Morgan fingerprint density at radius 1 is 0.892 bits per heavy atom. The Labute approximate surface area is 372 Å². The number of ether oxygens (including phenoxy) is 4. The minimum atomic E-state index is -5.71. The second-order valence-corrected chi connectivity index (χ2v) is 17.9. The van der Waals surface area contributed by atoms with Gasteiger partial charge in [0.15, 0.2) is 0 Å². The number of primary amides is 1. The van der Waals surface area contributed by atoms with Gasteiger partial charge in [-0.3, -0.25) is 37.6 Å². The summed E-state index contributed by atoms with van der Waals surface area (Å²) in [5, 5.41) is 8.20. The van der Waals surface area contributed by atoms with Crippen LogP contribution in [-0.4, -0.2) is 102 Å². The smallest absolute Gasteiger partial charge is 0.432 e. The Balaban J connectivity index is 1.28. The molecule has 5 amide bonds. The Hall–Kier alpha value is -6.12. The number of aromatic nitrogens is 1. The van der Waals surface area contributed by atoms with E-state index in [4.69, 9.17) is 24.3 Å². The Bertz CT molecular complexity index is 2230. The van der Waals surface area contributed by atoms with Crippen molar-refractivity contribution in [3.05, 3.63) is 71.4 Å². The number of fused-ring (bicyclic) bond motifs is 2. The Morgan fingerprint density at radius 3 is 2.15 bits per heavy atom. The number of H-pyrrole nitrogens is 1. The fourth-order valence-corrected chi connectivity index (χ4v) is 8.50. The third kappa shape index (κ3) is 13.2. The predicted octanol–water partition coefficient (Wildman–Crippen LogP) is 5.19. The number of hydrogen-bond donors (Lipinski definition) is 5. The fourth-order valence-electron chi connectivity index (χ4n) is 7.26. The molecule has 2 aliphatic rings. The molecule has 0 saturated carbocycles. The number of carbonyl (C=O) groups excluding carboxylic acids is 7. The number of amides is 5. The van der Waals surface area contributed by atoms with Crippen molar-refractivity contribution >= 4 is 60.3 Å². The Kier molecular flexibility index (Phi) is 17.0. The van der Waals surface area contributed by atoms with E-state index in [-0.39, 0.29) is 54.9 Å². The molecule has 20 nitrogen and oxygen atoms in total. The highest BCUT2D eigenvalue weighted by atomic mass is 31.2. The van der Waals surface area contributed by atoms with Crippen molar-refractivity contribution in [3.8, 4) is 0 Å². The van der Waals surface area contributed by atoms with Crippen molar-refractivity contribution < 1.29 is 74.9 Å². The summed E-state index contributed by atoms with van der Waals surface area (Å²) in [5.41, 5.74) is 0.812. The van der Waals surface area contributed by atoms with E-state index in [0.717, 1.165) is 17.7 Å². The number of nitrogens with one attached hydrogen (secondary N) is 4. The fraction of sp³-hybridized carbons (Fsp3) is 0.500. The number of carbonyl (C=O) groups is 7. The summed E-state index contributed by atoms with van der Waals surface area (Å²) in [6.45, 7) is 3.53. The van der Waals surface area contributed by atoms with E-state index in [9.17, 15) is 38.1 Å². The second-order valence-electron chi connectivity index (χ2n) is 15.9. The SMILES string of the molecule is CC(C)OC(=O)OCOP(=O)(OCOC(=O)OC(C)C)C(F)(F)c1ccc2[nH]c(C(=O)N[C@H]3CCCC4CC[C@@H](C(=O)NC(CCC(N)=O)C(=O)NCc5ccccc5)N4C3=O)cc2c1. The lowest BCUT2D eigenvalue weighted by atomic mass is 10.1. The molecular formula is C42H53F2N6O14P. The van der Waals surface area contributed by atoms with E-state index in [2.05, 4.69) is 30.4 Å². The number of aromatic amines is 1. The van der Waals surface area contributed by atoms with Crippen molar-refractivity contribution in [1.29, 1.82) is 0 Å². The minimum Gasteiger partial charge on any atom is -0.432 e. The molecule has 1 aromatic heterocycles. The lowest BCUT2D eigenvalue weighted by molar-refractivity contribution is -0.142. The van der Waals surface area contributed by atoms with Crippen molar-refractivity contribution in [1.82, 2.24) is 25.8 Å². The second kappa shape index (κ2) is 22.2. The van der Waals surface area contributed by atoms with Gasteiger partial charge < -0.3 is 50.5 Å². The molecule has 5 rings (SSSR count). The summed E-state index contributed by atoms with van der Waals surface area (Å²) in [6.07, 6.45) is -2.13. The molecule has 6 N–H and O–H groups in total. The number of rotatable bonds is 20. The van der Waals surface area contributed by atoms with E-state index in [1.165, 1.54) is 44.7 Å². The monoisotopic (exact) mass is 934 g/mol. The van der Waals surface area contributed by atoms with Gasteiger partial charge in [0, 0.05) is 35.5 Å². The quantitative estimate of drug-likeness (QED) is 0.0554. The molecule has 2 unspecified atom stereocenters. The molecule has 3 aromatic rings. The number of nitrogens with zero attached hydrogens (tertiary/aromatic N) is 1. The molecule has 2 fully saturated rings. The van der Waals surface area contributed by atoms with E-state index < -0.39 is 105 Å². The molecule has 4 atom stereocenters. The van der Waals surface area contributed by atoms with Crippen LogP contribution in [0.4, 0.5) is 18.4 Å². The number of halogens is 2. The van der Waals surface area contributed by atoms with Gasteiger partial charge in [0.05, 0.1) is 12.2 Å². The summed E-state index contributed by atoms with van der Waals surface area (Å²) in [5.74, 6) is -3.12. The summed E-state index contributed by atoms with van der Waals surface area (Å²) in [6, 6.07) is 9.69. The molecule has 23 heteroatoms. The topological polar surface area (TPSA) is 273 Å². The highest BCUT2D eigenvalue weighted by Crippen LogP contribution is 2.67. The van der Waals surface area contributed by atoms with Crippen LogP contribution in [0.25, 0.3) is 10.9 Å². The van der Waals surface area contributed by atoms with Gasteiger partial charge in [0.2, 0.25) is 37.2 Å². The number of nitrogens with two attached hydrogens (primary N) is 1. The van der Waals surface area contributed by atoms with Crippen LogP contribution in [0.3, 0.4) is 0 Å². The summed E-state index contributed by atoms with van der Waals surface area (Å²) in [4.78, 5) is 94.4. The van der Waals surface area contributed by atoms with Crippen molar-refractivity contribution in [2.75, 3.05) is 13.6 Å². The van der Waals surface area contributed by atoms with Crippen LogP contribution in [0.1, 0.15) is 94.3 Å². The summed E-state index contributed by atoms with van der Waals surface area (Å²) in [7, 11) is -5.71. The van der Waals surface area contributed by atoms with Gasteiger partial charge in [0.1, 0.15) is 23.8 Å². The van der Waals surface area contributed by atoms with Crippen LogP contribution in [0.15, 0.2) is 54.6 Å². The molecule has 2 aliphatic heterocycles. The third-order valence-electron chi connectivity index (χ3n) is 10.3. The summed E-state index contributed by atoms with van der Waals surface area (Å²) >= 11 is 0. The highest BCUT2D eigenvalue weighted by Gasteiger charge is 2.56. The lowest BCUT2D eigenvalue weighted by Crippen LogP contribution is -2.57. The molecule has 3 heterocycles. The Morgan fingerprint density at radius 2 is 1.54 bits per heavy atom. The van der Waals surface area contributed by atoms with E-state index in [1.54, 1.807) is 12.1 Å². The van der Waals surface area contributed by atoms with Gasteiger partial charge in [-0.25, -0.2) is 9.59 Å². The van der Waals surface area contributed by atoms with Gasteiger partial charge in [-0.05, 0) is 90.0 Å². The first-order chi connectivity index (χ1) is 30.8. The molecular weight excluding hydrogens is 881 g/mol. The van der Waals surface area contributed by atoms with Gasteiger partial charge in [-0.1, -0.05) is 36.4 Å². The van der Waals surface area contributed by atoms with E-state index in [0.29, 0.717) is 19.3 Å². The van der Waals surface area contributed by atoms with Crippen LogP contribution < -0.4 is 21.7 Å². The zero-order chi connectivity index (χ0) is 47.5. The molecule has 0 bridgehead atoms. The first-order valence-electron chi connectivity index (χ1n) is 20.9. The van der Waals surface area contributed by atoms with Crippen LogP contribution in [0.2, 0.25) is 0 Å². The van der Waals surface area contributed by atoms with Gasteiger partial charge in [-0.15, -0.1) is 0 Å². The van der Waals surface area contributed by atoms with Gasteiger partial charge in [0.25, 0.3) is 5.91 Å². The minimum absolute atomic E-state index is 0.0367. The molecule has 0 radical (unpaired) electrons. The molecule has 0 spiro atoms.